The van der Waals surface area contributed by atoms with Crippen molar-refractivity contribution < 1.29 is 4.79 Å². The molecule has 4 heteroatoms. The fourth-order valence-electron chi connectivity index (χ4n) is 3.74. The van der Waals surface area contributed by atoms with Crippen molar-refractivity contribution in [2.75, 3.05) is 13.1 Å². The number of likely N-dealkylation sites (tertiary alicyclic amines) is 1. The highest BCUT2D eigenvalue weighted by molar-refractivity contribution is 7.98. The van der Waals surface area contributed by atoms with E-state index >= 15 is 0 Å². The van der Waals surface area contributed by atoms with E-state index in [9.17, 15) is 4.79 Å². The SMILES string of the molecule is O=C(c1ccc(CSc2ccccc2)cc1)N1CCC2CCC(C1)N2. The molecule has 2 bridgehead atoms. The van der Waals surface area contributed by atoms with Crippen molar-refractivity contribution >= 4 is 17.7 Å². The van der Waals surface area contributed by atoms with Crippen LogP contribution in [0.2, 0.25) is 0 Å². The van der Waals surface area contributed by atoms with E-state index < -0.39 is 0 Å². The minimum Gasteiger partial charge on any atom is -0.337 e. The Morgan fingerprint density at radius 3 is 2.56 bits per heavy atom. The number of nitrogens with zero attached hydrogens (tertiary/aromatic N) is 1. The Labute approximate surface area is 153 Å². The monoisotopic (exact) mass is 352 g/mol. The van der Waals surface area contributed by atoms with E-state index in [1.165, 1.54) is 23.3 Å². The van der Waals surface area contributed by atoms with Crippen LogP contribution in [0.25, 0.3) is 0 Å². The van der Waals surface area contributed by atoms with Crippen LogP contribution in [0.4, 0.5) is 0 Å². The first-order valence-electron chi connectivity index (χ1n) is 9.10. The van der Waals surface area contributed by atoms with Crippen LogP contribution in [0.3, 0.4) is 0 Å². The third-order valence-electron chi connectivity index (χ3n) is 5.16. The number of hydrogen-bond acceptors (Lipinski definition) is 3. The standard InChI is InChI=1S/C21H24N2OS/c24-21(23-13-12-18-10-11-19(14-23)22-18)17-8-6-16(7-9-17)15-25-20-4-2-1-3-5-20/h1-9,18-19,22H,10-15H2. The van der Waals surface area contributed by atoms with Crippen LogP contribution >= 0.6 is 11.8 Å². The molecule has 2 aliphatic rings. The summed E-state index contributed by atoms with van der Waals surface area (Å²) in [7, 11) is 0. The van der Waals surface area contributed by atoms with Gasteiger partial charge < -0.3 is 10.2 Å². The predicted octanol–water partition coefficient (Wildman–Crippen LogP) is 3.95. The van der Waals surface area contributed by atoms with Gasteiger partial charge in [0.25, 0.3) is 5.91 Å². The second-order valence-corrected chi connectivity index (χ2v) is 8.03. The molecule has 1 amide bonds. The molecule has 3 nitrogen and oxygen atoms in total. The molecule has 2 saturated heterocycles. The summed E-state index contributed by atoms with van der Waals surface area (Å²) in [6.07, 6.45) is 3.54. The van der Waals surface area contributed by atoms with Crippen LogP contribution in [0, 0.1) is 0 Å². The third-order valence-corrected chi connectivity index (χ3v) is 6.24. The first-order chi connectivity index (χ1) is 12.3. The number of hydrogen-bond donors (Lipinski definition) is 1. The minimum absolute atomic E-state index is 0.177. The molecule has 0 saturated carbocycles. The van der Waals surface area contributed by atoms with Gasteiger partial charge >= 0.3 is 0 Å². The number of thioether (sulfide) groups is 1. The highest BCUT2D eigenvalue weighted by Crippen LogP contribution is 2.24. The Bertz CT molecular complexity index is 716. The van der Waals surface area contributed by atoms with Gasteiger partial charge in [0.1, 0.15) is 0 Å². The molecule has 0 radical (unpaired) electrons. The number of rotatable bonds is 4. The van der Waals surface area contributed by atoms with Gasteiger partial charge in [-0.15, -0.1) is 11.8 Å². The maximum atomic E-state index is 12.8. The Balaban J connectivity index is 1.37. The van der Waals surface area contributed by atoms with Gasteiger partial charge in [0.2, 0.25) is 0 Å². The van der Waals surface area contributed by atoms with Crippen molar-refractivity contribution in [2.24, 2.45) is 0 Å². The number of carbonyl (C=O) groups excluding carboxylic acids is 1. The molecule has 0 aromatic heterocycles. The van der Waals surface area contributed by atoms with E-state index in [1.807, 2.05) is 34.9 Å². The van der Waals surface area contributed by atoms with E-state index in [-0.39, 0.29) is 5.91 Å². The molecule has 1 N–H and O–H groups in total. The molecular formula is C21H24N2OS. The lowest BCUT2D eigenvalue weighted by Crippen LogP contribution is -2.39. The van der Waals surface area contributed by atoms with Gasteiger partial charge in [-0.3, -0.25) is 4.79 Å². The molecule has 2 aromatic carbocycles. The molecule has 2 heterocycles. The topological polar surface area (TPSA) is 32.3 Å². The van der Waals surface area contributed by atoms with Crippen LogP contribution in [0.5, 0.6) is 0 Å². The van der Waals surface area contributed by atoms with Crippen molar-refractivity contribution in [1.29, 1.82) is 0 Å². The summed E-state index contributed by atoms with van der Waals surface area (Å²) in [4.78, 5) is 16.1. The fourth-order valence-corrected chi connectivity index (χ4v) is 4.61. The molecule has 0 aliphatic carbocycles. The second kappa shape index (κ2) is 7.63. The van der Waals surface area contributed by atoms with E-state index in [2.05, 4.69) is 41.7 Å². The molecule has 0 spiro atoms. The Hall–Kier alpha value is -1.78. The molecular weight excluding hydrogens is 328 g/mol. The highest BCUT2D eigenvalue weighted by Gasteiger charge is 2.31. The highest BCUT2D eigenvalue weighted by atomic mass is 32.2. The fraction of sp³-hybridized carbons (Fsp3) is 0.381. The third kappa shape index (κ3) is 4.07. The lowest BCUT2D eigenvalue weighted by Gasteiger charge is -2.24. The molecule has 130 valence electrons. The molecule has 4 rings (SSSR count). The summed E-state index contributed by atoms with van der Waals surface area (Å²) in [6.45, 7) is 1.72. The number of nitrogens with one attached hydrogen (secondary N) is 1. The Morgan fingerprint density at radius 1 is 1.00 bits per heavy atom. The summed E-state index contributed by atoms with van der Waals surface area (Å²) in [6, 6.07) is 19.7. The smallest absolute Gasteiger partial charge is 0.253 e. The zero-order chi connectivity index (χ0) is 17.1. The van der Waals surface area contributed by atoms with Crippen LogP contribution < -0.4 is 5.32 Å². The summed E-state index contributed by atoms with van der Waals surface area (Å²) >= 11 is 1.82. The lowest BCUT2D eigenvalue weighted by molar-refractivity contribution is 0.0748. The molecule has 2 aliphatic heterocycles. The molecule has 25 heavy (non-hydrogen) atoms. The van der Waals surface area contributed by atoms with Gasteiger partial charge in [0, 0.05) is 41.4 Å². The quantitative estimate of drug-likeness (QED) is 0.846. The average Bonchev–Trinajstić information content (AvgIpc) is 2.99. The first-order valence-corrected chi connectivity index (χ1v) is 10.1. The molecule has 2 aromatic rings. The Morgan fingerprint density at radius 2 is 1.76 bits per heavy atom. The predicted molar refractivity (Wildman–Crippen MR) is 103 cm³/mol. The van der Waals surface area contributed by atoms with Gasteiger partial charge in [-0.25, -0.2) is 0 Å². The van der Waals surface area contributed by atoms with Crippen molar-refractivity contribution in [1.82, 2.24) is 10.2 Å². The zero-order valence-electron chi connectivity index (χ0n) is 14.4. The van der Waals surface area contributed by atoms with E-state index in [0.29, 0.717) is 12.1 Å². The van der Waals surface area contributed by atoms with Crippen LogP contribution in [0.1, 0.15) is 35.2 Å². The number of carbonyl (C=O) groups is 1. The van der Waals surface area contributed by atoms with E-state index in [1.54, 1.807) is 0 Å². The van der Waals surface area contributed by atoms with Crippen molar-refractivity contribution in [3.05, 3.63) is 65.7 Å². The normalized spacial score (nSPS) is 22.6. The van der Waals surface area contributed by atoms with Gasteiger partial charge in [-0.1, -0.05) is 30.3 Å². The summed E-state index contributed by atoms with van der Waals surface area (Å²) in [5.74, 6) is 1.10. The number of fused-ring (bicyclic) bond motifs is 2. The first kappa shape index (κ1) is 16.7. The van der Waals surface area contributed by atoms with Crippen molar-refractivity contribution in [3.63, 3.8) is 0 Å². The summed E-state index contributed by atoms with van der Waals surface area (Å²) in [5, 5.41) is 3.63. The zero-order valence-corrected chi connectivity index (χ0v) is 15.2. The summed E-state index contributed by atoms with van der Waals surface area (Å²) in [5.41, 5.74) is 2.06. The van der Waals surface area contributed by atoms with Crippen LogP contribution in [-0.4, -0.2) is 36.0 Å². The maximum Gasteiger partial charge on any atom is 0.253 e. The number of benzene rings is 2. The summed E-state index contributed by atoms with van der Waals surface area (Å²) < 4.78 is 0. The van der Waals surface area contributed by atoms with Gasteiger partial charge in [0.15, 0.2) is 0 Å². The van der Waals surface area contributed by atoms with E-state index in [0.717, 1.165) is 30.8 Å². The molecule has 2 atom stereocenters. The van der Waals surface area contributed by atoms with Gasteiger partial charge in [-0.05, 0) is 49.1 Å². The van der Waals surface area contributed by atoms with Crippen LogP contribution in [-0.2, 0) is 5.75 Å². The maximum absolute atomic E-state index is 12.8. The molecule has 2 fully saturated rings. The van der Waals surface area contributed by atoms with Crippen molar-refractivity contribution in [2.45, 2.75) is 42.0 Å². The van der Waals surface area contributed by atoms with Gasteiger partial charge in [0.05, 0.1) is 0 Å². The average molecular weight is 353 g/mol. The van der Waals surface area contributed by atoms with Crippen molar-refractivity contribution in [3.8, 4) is 0 Å². The largest absolute Gasteiger partial charge is 0.337 e. The number of amides is 1. The van der Waals surface area contributed by atoms with E-state index in [4.69, 9.17) is 0 Å². The molecule has 2 unspecified atom stereocenters. The lowest BCUT2D eigenvalue weighted by atomic mass is 10.1. The Kier molecular flexibility index (Phi) is 5.09. The van der Waals surface area contributed by atoms with Gasteiger partial charge in [-0.2, -0.15) is 0 Å². The van der Waals surface area contributed by atoms with Crippen LogP contribution in [0.15, 0.2) is 59.5 Å². The minimum atomic E-state index is 0.177. The second-order valence-electron chi connectivity index (χ2n) is 6.98.